The van der Waals surface area contributed by atoms with Crippen molar-refractivity contribution in [1.29, 1.82) is 0 Å². The van der Waals surface area contributed by atoms with Gasteiger partial charge in [-0.15, -0.1) is 0 Å². The maximum absolute atomic E-state index is 11.1. The van der Waals surface area contributed by atoms with E-state index in [1.165, 1.54) is 6.33 Å². The molecule has 0 spiro atoms. The van der Waals surface area contributed by atoms with Crippen molar-refractivity contribution >= 4 is 17.3 Å². The van der Waals surface area contributed by atoms with Crippen molar-refractivity contribution in [1.82, 2.24) is 9.97 Å². The SMILES string of the molecule is NNc1ncnc(NC2CCCCC2CO)c1[N+](=O)[O-]. The van der Waals surface area contributed by atoms with E-state index >= 15 is 0 Å². The Labute approximate surface area is 115 Å². The number of anilines is 2. The Morgan fingerprint density at radius 2 is 2.10 bits per heavy atom. The third kappa shape index (κ3) is 2.94. The Morgan fingerprint density at radius 1 is 1.40 bits per heavy atom. The van der Waals surface area contributed by atoms with Crippen molar-refractivity contribution in [3.8, 4) is 0 Å². The van der Waals surface area contributed by atoms with Crippen LogP contribution in [0.15, 0.2) is 6.33 Å². The summed E-state index contributed by atoms with van der Waals surface area (Å²) in [7, 11) is 0. The van der Waals surface area contributed by atoms with E-state index in [1.54, 1.807) is 0 Å². The number of aliphatic hydroxyl groups excluding tert-OH is 1. The predicted molar refractivity (Wildman–Crippen MR) is 73.0 cm³/mol. The van der Waals surface area contributed by atoms with Gasteiger partial charge in [0.05, 0.1) is 4.92 Å². The van der Waals surface area contributed by atoms with Crippen LogP contribution in [0.3, 0.4) is 0 Å². The summed E-state index contributed by atoms with van der Waals surface area (Å²) < 4.78 is 0. The molecule has 2 unspecified atom stereocenters. The lowest BCUT2D eigenvalue weighted by molar-refractivity contribution is -0.383. The summed E-state index contributed by atoms with van der Waals surface area (Å²) in [5.41, 5.74) is 1.92. The number of nitrogens with zero attached hydrogens (tertiary/aromatic N) is 3. The summed E-state index contributed by atoms with van der Waals surface area (Å²) in [5.74, 6) is 5.40. The summed E-state index contributed by atoms with van der Waals surface area (Å²) in [6.07, 6.45) is 5.04. The van der Waals surface area contributed by atoms with Gasteiger partial charge in [-0.3, -0.25) is 10.1 Å². The van der Waals surface area contributed by atoms with Crippen molar-refractivity contribution in [2.45, 2.75) is 31.7 Å². The fourth-order valence-electron chi connectivity index (χ4n) is 2.55. The zero-order valence-electron chi connectivity index (χ0n) is 11.0. The van der Waals surface area contributed by atoms with Crippen LogP contribution in [0, 0.1) is 16.0 Å². The molecule has 1 aromatic heterocycles. The highest BCUT2D eigenvalue weighted by molar-refractivity contribution is 5.69. The zero-order valence-corrected chi connectivity index (χ0v) is 11.0. The predicted octanol–water partition coefficient (Wildman–Crippen LogP) is 0.633. The molecule has 1 aliphatic carbocycles. The van der Waals surface area contributed by atoms with E-state index in [1.807, 2.05) is 0 Å². The summed E-state index contributed by atoms with van der Waals surface area (Å²) in [6.45, 7) is 0.0541. The molecule has 0 aromatic carbocycles. The quantitative estimate of drug-likeness (QED) is 0.350. The number of nitrogens with one attached hydrogen (secondary N) is 2. The molecule has 0 aliphatic heterocycles. The number of hydrogen-bond donors (Lipinski definition) is 4. The van der Waals surface area contributed by atoms with Gasteiger partial charge < -0.3 is 15.8 Å². The third-order valence-corrected chi connectivity index (χ3v) is 3.61. The normalized spacial score (nSPS) is 22.3. The molecule has 20 heavy (non-hydrogen) atoms. The van der Waals surface area contributed by atoms with Crippen LogP contribution in [-0.4, -0.2) is 32.6 Å². The minimum atomic E-state index is -0.575. The van der Waals surface area contributed by atoms with E-state index in [-0.39, 0.29) is 35.9 Å². The van der Waals surface area contributed by atoms with E-state index in [4.69, 9.17) is 5.84 Å². The van der Waals surface area contributed by atoms with E-state index in [2.05, 4.69) is 20.7 Å². The summed E-state index contributed by atoms with van der Waals surface area (Å²) >= 11 is 0. The summed E-state index contributed by atoms with van der Waals surface area (Å²) in [6, 6.07) is -0.0343. The van der Waals surface area contributed by atoms with Crippen molar-refractivity contribution in [2.24, 2.45) is 11.8 Å². The van der Waals surface area contributed by atoms with Gasteiger partial charge in [-0.25, -0.2) is 15.8 Å². The molecule has 1 saturated carbocycles. The van der Waals surface area contributed by atoms with Crippen molar-refractivity contribution in [3.05, 3.63) is 16.4 Å². The molecule has 1 fully saturated rings. The maximum Gasteiger partial charge on any atom is 0.354 e. The lowest BCUT2D eigenvalue weighted by Gasteiger charge is -2.31. The number of nitrogens with two attached hydrogens (primary N) is 1. The third-order valence-electron chi connectivity index (χ3n) is 3.61. The largest absolute Gasteiger partial charge is 0.396 e. The van der Waals surface area contributed by atoms with Crippen LogP contribution in [0.2, 0.25) is 0 Å². The van der Waals surface area contributed by atoms with Crippen LogP contribution >= 0.6 is 0 Å². The number of nitro groups is 1. The second-order valence-electron chi connectivity index (χ2n) is 4.80. The highest BCUT2D eigenvalue weighted by atomic mass is 16.6. The number of nitrogen functional groups attached to an aromatic ring is 1. The molecule has 5 N–H and O–H groups in total. The minimum absolute atomic E-state index is 0.0343. The van der Waals surface area contributed by atoms with Gasteiger partial charge in [0.25, 0.3) is 0 Å². The molecule has 1 aliphatic rings. The molecular weight excluding hydrogens is 264 g/mol. The van der Waals surface area contributed by atoms with Crippen molar-refractivity contribution < 1.29 is 10.0 Å². The summed E-state index contributed by atoms with van der Waals surface area (Å²) in [4.78, 5) is 18.2. The first-order chi connectivity index (χ1) is 9.67. The molecule has 0 saturated heterocycles. The maximum atomic E-state index is 11.1. The monoisotopic (exact) mass is 282 g/mol. The van der Waals surface area contributed by atoms with Crippen molar-refractivity contribution in [3.63, 3.8) is 0 Å². The van der Waals surface area contributed by atoms with Crippen molar-refractivity contribution in [2.75, 3.05) is 17.3 Å². The molecule has 1 aromatic rings. The average molecular weight is 282 g/mol. The first kappa shape index (κ1) is 14.4. The standard InChI is InChI=1S/C11H18N6O3/c12-16-11-9(17(19)20)10(13-6-14-11)15-8-4-2-1-3-7(8)5-18/h6-8,18H,1-5,12H2,(H2,13,14,15,16). The fraction of sp³-hybridized carbons (Fsp3) is 0.636. The molecular formula is C11H18N6O3. The first-order valence-corrected chi connectivity index (χ1v) is 6.50. The molecule has 0 radical (unpaired) electrons. The van der Waals surface area contributed by atoms with Gasteiger partial charge in [0.15, 0.2) is 0 Å². The molecule has 0 bridgehead atoms. The smallest absolute Gasteiger partial charge is 0.354 e. The van der Waals surface area contributed by atoms with Gasteiger partial charge in [-0.05, 0) is 12.8 Å². The lowest BCUT2D eigenvalue weighted by atomic mass is 9.85. The Balaban J connectivity index is 2.26. The van der Waals surface area contributed by atoms with Gasteiger partial charge in [0.2, 0.25) is 11.6 Å². The van der Waals surface area contributed by atoms with Crippen LogP contribution in [0.1, 0.15) is 25.7 Å². The number of hydrazine groups is 1. The van der Waals surface area contributed by atoms with Crippen LogP contribution in [-0.2, 0) is 0 Å². The Kier molecular flexibility index (Phi) is 4.64. The van der Waals surface area contributed by atoms with E-state index in [0.717, 1.165) is 25.7 Å². The summed E-state index contributed by atoms with van der Waals surface area (Å²) in [5, 5.41) is 23.6. The number of hydrogen-bond acceptors (Lipinski definition) is 8. The average Bonchev–Trinajstić information content (AvgIpc) is 2.47. The van der Waals surface area contributed by atoms with Gasteiger partial charge >= 0.3 is 5.69 Å². The Bertz CT molecular complexity index is 483. The molecule has 0 amide bonds. The molecule has 110 valence electrons. The van der Waals surface area contributed by atoms with Crippen LogP contribution in [0.4, 0.5) is 17.3 Å². The minimum Gasteiger partial charge on any atom is -0.396 e. The second-order valence-corrected chi connectivity index (χ2v) is 4.80. The Morgan fingerprint density at radius 3 is 2.75 bits per heavy atom. The fourth-order valence-corrected chi connectivity index (χ4v) is 2.55. The van der Waals surface area contributed by atoms with Crippen LogP contribution < -0.4 is 16.6 Å². The number of rotatable bonds is 5. The second kappa shape index (κ2) is 6.44. The topological polar surface area (TPSA) is 139 Å². The van der Waals surface area contributed by atoms with E-state index in [0.29, 0.717) is 0 Å². The van der Waals surface area contributed by atoms with Gasteiger partial charge in [-0.1, -0.05) is 12.8 Å². The van der Waals surface area contributed by atoms with Gasteiger partial charge in [-0.2, -0.15) is 0 Å². The van der Waals surface area contributed by atoms with Crippen LogP contribution in [0.5, 0.6) is 0 Å². The molecule has 1 heterocycles. The molecule has 2 atom stereocenters. The molecule has 9 heteroatoms. The Hall–Kier alpha value is -2.00. The molecule has 2 rings (SSSR count). The highest BCUT2D eigenvalue weighted by Crippen LogP contribution is 2.32. The number of aromatic nitrogens is 2. The van der Waals surface area contributed by atoms with Crippen LogP contribution in [0.25, 0.3) is 0 Å². The van der Waals surface area contributed by atoms with E-state index < -0.39 is 4.92 Å². The zero-order chi connectivity index (χ0) is 14.5. The van der Waals surface area contributed by atoms with Gasteiger partial charge in [0.1, 0.15) is 6.33 Å². The number of aliphatic hydroxyl groups is 1. The lowest BCUT2D eigenvalue weighted by Crippen LogP contribution is -2.35. The van der Waals surface area contributed by atoms with E-state index in [9.17, 15) is 15.2 Å². The highest BCUT2D eigenvalue weighted by Gasteiger charge is 2.29. The molecule has 9 nitrogen and oxygen atoms in total. The first-order valence-electron chi connectivity index (χ1n) is 6.50. The van der Waals surface area contributed by atoms with Gasteiger partial charge in [0, 0.05) is 18.6 Å².